The molecule has 0 fully saturated rings. The van der Waals surface area contributed by atoms with E-state index in [0.29, 0.717) is 22.6 Å². The molecule has 1 aromatic rings. The summed E-state index contributed by atoms with van der Waals surface area (Å²) in [6.45, 7) is 0. The van der Waals surface area contributed by atoms with Gasteiger partial charge in [0.15, 0.2) is 6.10 Å². The molecule has 0 radical (unpaired) electrons. The van der Waals surface area contributed by atoms with E-state index in [1.54, 1.807) is 18.2 Å². The molecule has 1 aromatic carbocycles. The van der Waals surface area contributed by atoms with Gasteiger partial charge in [0.1, 0.15) is 5.75 Å². The molecule has 0 spiro atoms. The third kappa shape index (κ3) is 1.70. The zero-order chi connectivity index (χ0) is 10.1. The Labute approximate surface area is 89.0 Å². The van der Waals surface area contributed by atoms with Gasteiger partial charge in [-0.25, -0.2) is 0 Å². The van der Waals surface area contributed by atoms with Gasteiger partial charge in [-0.3, -0.25) is 4.79 Å². The van der Waals surface area contributed by atoms with Gasteiger partial charge in [0.25, 0.3) is 5.91 Å². The Morgan fingerprint density at radius 1 is 1.57 bits per heavy atom. The van der Waals surface area contributed by atoms with Crippen LogP contribution in [0.1, 0.15) is 0 Å². The Kier molecular flexibility index (Phi) is 2.62. The monoisotopic (exact) mass is 229 g/mol. The number of amides is 1. The molecule has 1 aliphatic heterocycles. The van der Waals surface area contributed by atoms with Crippen molar-refractivity contribution < 1.29 is 9.53 Å². The van der Waals surface area contributed by atoms with E-state index < -0.39 is 6.10 Å². The maximum Gasteiger partial charge on any atom is 0.265 e. The lowest BCUT2D eigenvalue weighted by molar-refractivity contribution is -0.122. The van der Waals surface area contributed by atoms with E-state index in [9.17, 15) is 4.79 Å². The molecule has 74 valence electrons. The number of ether oxygens (including phenoxy) is 1. The number of anilines is 1. The van der Waals surface area contributed by atoms with Crippen LogP contribution in [0.2, 0.25) is 5.02 Å². The Balaban J connectivity index is 2.36. The Hall–Kier alpha value is -0.790. The molecule has 0 aromatic heterocycles. The molecule has 1 heterocycles. The van der Waals surface area contributed by atoms with Crippen molar-refractivity contribution in [2.75, 3.05) is 11.5 Å². The van der Waals surface area contributed by atoms with Gasteiger partial charge in [-0.15, -0.1) is 9.24 Å². The van der Waals surface area contributed by atoms with Gasteiger partial charge in [0, 0.05) is 17.3 Å². The molecule has 5 heteroatoms. The van der Waals surface area contributed by atoms with E-state index in [0.717, 1.165) is 0 Å². The van der Waals surface area contributed by atoms with Crippen molar-refractivity contribution >= 4 is 32.4 Å². The van der Waals surface area contributed by atoms with E-state index in [2.05, 4.69) is 14.6 Å². The highest BCUT2D eigenvalue weighted by Gasteiger charge is 2.25. The van der Waals surface area contributed by atoms with Crippen LogP contribution in [-0.4, -0.2) is 18.2 Å². The Bertz CT molecular complexity index is 383. The van der Waals surface area contributed by atoms with Gasteiger partial charge in [0.2, 0.25) is 0 Å². The van der Waals surface area contributed by atoms with Crippen LogP contribution in [-0.2, 0) is 4.79 Å². The second-order valence-corrected chi connectivity index (χ2v) is 3.88. The van der Waals surface area contributed by atoms with Gasteiger partial charge in [-0.1, -0.05) is 11.6 Å². The van der Waals surface area contributed by atoms with E-state index in [-0.39, 0.29) is 5.91 Å². The number of hydrogen-bond acceptors (Lipinski definition) is 2. The van der Waals surface area contributed by atoms with E-state index in [1.165, 1.54) is 0 Å². The smallest absolute Gasteiger partial charge is 0.265 e. The molecule has 3 nitrogen and oxygen atoms in total. The SMILES string of the molecule is O=C1Nc2ccc(Cl)cc2OC1CP. The number of hydrogen-bond donors (Lipinski definition) is 1. The van der Waals surface area contributed by atoms with Crippen LogP contribution in [0.3, 0.4) is 0 Å². The summed E-state index contributed by atoms with van der Waals surface area (Å²) in [4.78, 5) is 11.4. The summed E-state index contributed by atoms with van der Waals surface area (Å²) in [7, 11) is 2.48. The van der Waals surface area contributed by atoms with Crippen molar-refractivity contribution in [3.05, 3.63) is 23.2 Å². The summed E-state index contributed by atoms with van der Waals surface area (Å²) in [6.07, 6.45) is 0.128. The first kappa shape index (κ1) is 9.75. The number of carbonyl (C=O) groups is 1. The predicted octanol–water partition coefficient (Wildman–Crippen LogP) is 1.91. The van der Waals surface area contributed by atoms with Gasteiger partial charge in [-0.2, -0.15) is 0 Å². The molecule has 1 N–H and O–H groups in total. The number of benzene rings is 1. The minimum absolute atomic E-state index is 0.116. The quantitative estimate of drug-likeness (QED) is 0.747. The molecular formula is C9H9ClNO2P. The molecular weight excluding hydrogens is 221 g/mol. The lowest BCUT2D eigenvalue weighted by Gasteiger charge is -2.24. The first-order valence-corrected chi connectivity index (χ1v) is 5.37. The standard InChI is InChI=1S/C9H9ClNO2P/c10-5-1-2-6-7(3-5)13-8(4-14)9(12)11-6/h1-3,8H,4,14H2,(H,11,12). The van der Waals surface area contributed by atoms with E-state index >= 15 is 0 Å². The normalized spacial score (nSPS) is 19.6. The first-order valence-electron chi connectivity index (χ1n) is 4.18. The zero-order valence-electron chi connectivity index (χ0n) is 7.29. The molecule has 0 saturated carbocycles. The molecule has 2 atom stereocenters. The average Bonchev–Trinajstić information content (AvgIpc) is 2.17. The number of rotatable bonds is 1. The highest BCUT2D eigenvalue weighted by atomic mass is 35.5. The van der Waals surface area contributed by atoms with Crippen molar-refractivity contribution in [2.24, 2.45) is 0 Å². The molecule has 1 amide bonds. The number of halogens is 1. The summed E-state index contributed by atoms with van der Waals surface area (Å²) in [5, 5.41) is 3.35. The van der Waals surface area contributed by atoms with Crippen LogP contribution in [0.25, 0.3) is 0 Å². The van der Waals surface area contributed by atoms with E-state index in [1.807, 2.05) is 0 Å². The third-order valence-corrected chi connectivity index (χ3v) is 2.64. The second kappa shape index (κ2) is 3.76. The fourth-order valence-corrected chi connectivity index (χ4v) is 1.74. The van der Waals surface area contributed by atoms with Gasteiger partial charge >= 0.3 is 0 Å². The van der Waals surface area contributed by atoms with Crippen LogP contribution in [0.4, 0.5) is 5.69 Å². The molecule has 0 aliphatic carbocycles. The fourth-order valence-electron chi connectivity index (χ4n) is 1.27. The molecule has 0 bridgehead atoms. The first-order chi connectivity index (χ1) is 6.70. The molecule has 14 heavy (non-hydrogen) atoms. The van der Waals surface area contributed by atoms with Crippen molar-refractivity contribution in [3.8, 4) is 5.75 Å². The number of fused-ring (bicyclic) bond motifs is 1. The molecule has 2 rings (SSSR count). The highest BCUT2D eigenvalue weighted by Crippen LogP contribution is 2.32. The van der Waals surface area contributed by atoms with Gasteiger partial charge < -0.3 is 10.1 Å². The van der Waals surface area contributed by atoms with Crippen LogP contribution in [0.5, 0.6) is 5.75 Å². The van der Waals surface area contributed by atoms with Crippen molar-refractivity contribution in [1.82, 2.24) is 0 Å². The Morgan fingerprint density at radius 3 is 3.07 bits per heavy atom. The second-order valence-electron chi connectivity index (χ2n) is 2.97. The zero-order valence-corrected chi connectivity index (χ0v) is 9.20. The van der Waals surface area contributed by atoms with Crippen molar-refractivity contribution in [3.63, 3.8) is 0 Å². The number of carbonyl (C=O) groups excluding carboxylic acids is 1. The maximum atomic E-state index is 11.4. The van der Waals surface area contributed by atoms with Crippen LogP contribution in [0.15, 0.2) is 18.2 Å². The van der Waals surface area contributed by atoms with Gasteiger partial charge in [0.05, 0.1) is 5.69 Å². The van der Waals surface area contributed by atoms with Crippen molar-refractivity contribution in [1.29, 1.82) is 0 Å². The third-order valence-electron chi connectivity index (χ3n) is 1.98. The lowest BCUT2D eigenvalue weighted by atomic mass is 10.2. The molecule has 2 unspecified atom stereocenters. The molecule has 0 saturated heterocycles. The predicted molar refractivity (Wildman–Crippen MR) is 59.1 cm³/mol. The minimum atomic E-state index is -0.439. The summed E-state index contributed by atoms with van der Waals surface area (Å²) >= 11 is 5.81. The lowest BCUT2D eigenvalue weighted by Crippen LogP contribution is -2.38. The van der Waals surface area contributed by atoms with Crippen LogP contribution in [0, 0.1) is 0 Å². The largest absolute Gasteiger partial charge is 0.478 e. The summed E-state index contributed by atoms with van der Waals surface area (Å²) in [6, 6.07) is 5.14. The van der Waals surface area contributed by atoms with Crippen LogP contribution < -0.4 is 10.1 Å². The summed E-state index contributed by atoms with van der Waals surface area (Å²) in [5.74, 6) is 0.513. The summed E-state index contributed by atoms with van der Waals surface area (Å²) < 4.78 is 5.46. The summed E-state index contributed by atoms with van der Waals surface area (Å²) in [5.41, 5.74) is 0.675. The number of nitrogens with one attached hydrogen (secondary N) is 1. The highest BCUT2D eigenvalue weighted by molar-refractivity contribution is 7.16. The average molecular weight is 230 g/mol. The maximum absolute atomic E-state index is 11.4. The topological polar surface area (TPSA) is 38.3 Å². The molecule has 1 aliphatic rings. The van der Waals surface area contributed by atoms with Gasteiger partial charge in [-0.05, 0) is 12.1 Å². The fraction of sp³-hybridized carbons (Fsp3) is 0.222. The van der Waals surface area contributed by atoms with Crippen molar-refractivity contribution in [2.45, 2.75) is 6.10 Å². The Morgan fingerprint density at radius 2 is 2.36 bits per heavy atom. The van der Waals surface area contributed by atoms with Crippen LogP contribution >= 0.6 is 20.8 Å². The minimum Gasteiger partial charge on any atom is -0.478 e. The van der Waals surface area contributed by atoms with E-state index in [4.69, 9.17) is 16.3 Å².